The maximum atomic E-state index is 12.7. The maximum Gasteiger partial charge on any atom is 0.227 e. The molecule has 0 radical (unpaired) electrons. The summed E-state index contributed by atoms with van der Waals surface area (Å²) in [4.78, 5) is 29.3. The standard InChI is InChI=1S/C24H29N3O3/c1-30-22-7-3-2-6-21(22)27-17-20(14-23(27)28)24(29)25-15-18-8-10-19(11-9-18)16-26-12-4-5-13-26/h2-3,6-11,20H,4-5,12-17H2,1H3,(H,25,29). The lowest BCUT2D eigenvalue weighted by atomic mass is 10.1. The van der Waals surface area contributed by atoms with E-state index in [4.69, 9.17) is 4.74 Å². The van der Waals surface area contributed by atoms with Crippen LogP contribution in [-0.2, 0) is 22.7 Å². The van der Waals surface area contributed by atoms with E-state index in [0.717, 1.165) is 12.1 Å². The zero-order chi connectivity index (χ0) is 20.9. The Morgan fingerprint density at radius 3 is 2.50 bits per heavy atom. The molecule has 158 valence electrons. The molecule has 1 N–H and O–H groups in total. The van der Waals surface area contributed by atoms with Crippen molar-refractivity contribution < 1.29 is 14.3 Å². The van der Waals surface area contributed by atoms with Crippen molar-refractivity contribution in [1.82, 2.24) is 10.2 Å². The van der Waals surface area contributed by atoms with Crippen molar-refractivity contribution in [3.05, 3.63) is 59.7 Å². The largest absolute Gasteiger partial charge is 0.495 e. The summed E-state index contributed by atoms with van der Waals surface area (Å²) < 4.78 is 5.36. The fourth-order valence-electron chi connectivity index (χ4n) is 4.26. The van der Waals surface area contributed by atoms with Gasteiger partial charge in [0.15, 0.2) is 0 Å². The van der Waals surface area contributed by atoms with Crippen molar-refractivity contribution in [2.45, 2.75) is 32.4 Å². The van der Waals surface area contributed by atoms with Crippen molar-refractivity contribution >= 4 is 17.5 Å². The second-order valence-electron chi connectivity index (χ2n) is 8.09. The van der Waals surface area contributed by atoms with Crippen LogP contribution < -0.4 is 15.0 Å². The van der Waals surface area contributed by atoms with Crippen molar-refractivity contribution in [1.29, 1.82) is 0 Å². The van der Waals surface area contributed by atoms with E-state index in [2.05, 4.69) is 34.5 Å². The number of para-hydroxylation sites is 2. The number of likely N-dealkylation sites (tertiary alicyclic amines) is 1. The number of nitrogens with zero attached hydrogens (tertiary/aromatic N) is 2. The number of hydrogen-bond acceptors (Lipinski definition) is 4. The summed E-state index contributed by atoms with van der Waals surface area (Å²) in [5.74, 6) is 0.158. The van der Waals surface area contributed by atoms with Gasteiger partial charge in [0, 0.05) is 26.1 Å². The lowest BCUT2D eigenvalue weighted by molar-refractivity contribution is -0.126. The summed E-state index contributed by atoms with van der Waals surface area (Å²) in [5, 5.41) is 3.00. The first-order chi connectivity index (χ1) is 14.6. The number of hydrogen-bond donors (Lipinski definition) is 1. The van der Waals surface area contributed by atoms with E-state index >= 15 is 0 Å². The highest BCUT2D eigenvalue weighted by Gasteiger charge is 2.36. The van der Waals surface area contributed by atoms with Gasteiger partial charge in [0.25, 0.3) is 0 Å². The van der Waals surface area contributed by atoms with Gasteiger partial charge in [-0.3, -0.25) is 14.5 Å². The first-order valence-electron chi connectivity index (χ1n) is 10.7. The molecule has 2 aromatic rings. The van der Waals surface area contributed by atoms with E-state index in [9.17, 15) is 9.59 Å². The zero-order valence-corrected chi connectivity index (χ0v) is 17.5. The minimum absolute atomic E-state index is 0.0501. The van der Waals surface area contributed by atoms with Crippen LogP contribution in [0.1, 0.15) is 30.4 Å². The van der Waals surface area contributed by atoms with E-state index in [1.807, 2.05) is 24.3 Å². The third-order valence-corrected chi connectivity index (χ3v) is 5.97. The Hall–Kier alpha value is -2.86. The number of amides is 2. The van der Waals surface area contributed by atoms with Gasteiger partial charge in [0.05, 0.1) is 18.7 Å². The molecule has 0 aliphatic carbocycles. The number of methoxy groups -OCH3 is 1. The van der Waals surface area contributed by atoms with Gasteiger partial charge < -0.3 is 15.0 Å². The second-order valence-corrected chi connectivity index (χ2v) is 8.09. The third kappa shape index (κ3) is 4.65. The molecule has 2 fully saturated rings. The van der Waals surface area contributed by atoms with E-state index < -0.39 is 0 Å². The summed E-state index contributed by atoms with van der Waals surface area (Å²) >= 11 is 0. The van der Waals surface area contributed by atoms with Crippen LogP contribution in [0.3, 0.4) is 0 Å². The summed E-state index contributed by atoms with van der Waals surface area (Å²) in [6, 6.07) is 15.8. The Kier molecular flexibility index (Phi) is 6.33. The SMILES string of the molecule is COc1ccccc1N1CC(C(=O)NCc2ccc(CN3CCCC3)cc2)CC1=O. The van der Waals surface area contributed by atoms with Gasteiger partial charge in [-0.25, -0.2) is 0 Å². The molecule has 2 aromatic carbocycles. The number of rotatable bonds is 7. The Balaban J connectivity index is 1.30. The highest BCUT2D eigenvalue weighted by molar-refractivity contribution is 6.01. The Labute approximate surface area is 177 Å². The summed E-state index contributed by atoms with van der Waals surface area (Å²) in [7, 11) is 1.58. The first-order valence-corrected chi connectivity index (χ1v) is 10.7. The van der Waals surface area contributed by atoms with Gasteiger partial charge in [-0.2, -0.15) is 0 Å². The molecule has 4 rings (SSSR count). The average molecular weight is 408 g/mol. The lowest BCUT2D eigenvalue weighted by Gasteiger charge is -2.19. The van der Waals surface area contributed by atoms with Gasteiger partial charge in [-0.1, -0.05) is 36.4 Å². The molecule has 2 saturated heterocycles. The molecule has 1 unspecified atom stereocenters. The molecule has 2 aliphatic heterocycles. The summed E-state index contributed by atoms with van der Waals surface area (Å²) in [5.41, 5.74) is 3.09. The first kappa shape index (κ1) is 20.4. The van der Waals surface area contributed by atoms with Crippen LogP contribution in [-0.4, -0.2) is 43.5 Å². The van der Waals surface area contributed by atoms with Crippen LogP contribution in [0.4, 0.5) is 5.69 Å². The Morgan fingerprint density at radius 2 is 1.77 bits per heavy atom. The molecule has 0 bridgehead atoms. The van der Waals surface area contributed by atoms with Gasteiger partial charge in [-0.05, 0) is 49.2 Å². The molecular formula is C24H29N3O3. The van der Waals surface area contributed by atoms with E-state index in [-0.39, 0.29) is 24.2 Å². The monoisotopic (exact) mass is 407 g/mol. The number of nitrogens with one attached hydrogen (secondary N) is 1. The molecule has 30 heavy (non-hydrogen) atoms. The van der Waals surface area contributed by atoms with E-state index in [0.29, 0.717) is 24.5 Å². The van der Waals surface area contributed by atoms with Gasteiger partial charge in [0.1, 0.15) is 5.75 Å². The van der Waals surface area contributed by atoms with Crippen LogP contribution in [0.5, 0.6) is 5.75 Å². The quantitative estimate of drug-likeness (QED) is 0.767. The van der Waals surface area contributed by atoms with Crippen LogP contribution in [0.2, 0.25) is 0 Å². The highest BCUT2D eigenvalue weighted by atomic mass is 16.5. The molecule has 0 saturated carbocycles. The minimum Gasteiger partial charge on any atom is -0.495 e. The van der Waals surface area contributed by atoms with E-state index in [1.54, 1.807) is 12.0 Å². The fourth-order valence-corrected chi connectivity index (χ4v) is 4.26. The van der Waals surface area contributed by atoms with Gasteiger partial charge in [-0.15, -0.1) is 0 Å². The van der Waals surface area contributed by atoms with Crippen LogP contribution in [0.25, 0.3) is 0 Å². The molecule has 2 heterocycles. The van der Waals surface area contributed by atoms with Crippen molar-refractivity contribution in [2.75, 3.05) is 31.6 Å². The Bertz CT molecular complexity index is 891. The third-order valence-electron chi connectivity index (χ3n) is 5.97. The number of ether oxygens (including phenoxy) is 1. The molecule has 0 aromatic heterocycles. The Morgan fingerprint density at radius 1 is 1.07 bits per heavy atom. The zero-order valence-electron chi connectivity index (χ0n) is 17.5. The number of carbonyl (C=O) groups is 2. The van der Waals surface area contributed by atoms with Crippen molar-refractivity contribution in [3.8, 4) is 5.75 Å². The molecule has 6 nitrogen and oxygen atoms in total. The molecular weight excluding hydrogens is 378 g/mol. The average Bonchev–Trinajstić information content (AvgIpc) is 3.42. The van der Waals surface area contributed by atoms with Crippen molar-refractivity contribution in [2.24, 2.45) is 5.92 Å². The topological polar surface area (TPSA) is 61.9 Å². The summed E-state index contributed by atoms with van der Waals surface area (Å²) in [6.07, 6.45) is 2.81. The smallest absolute Gasteiger partial charge is 0.227 e. The van der Waals surface area contributed by atoms with Crippen LogP contribution >= 0.6 is 0 Å². The van der Waals surface area contributed by atoms with Crippen LogP contribution in [0, 0.1) is 5.92 Å². The van der Waals surface area contributed by atoms with E-state index in [1.165, 1.54) is 31.5 Å². The predicted octanol–water partition coefficient (Wildman–Crippen LogP) is 2.96. The second kappa shape index (κ2) is 9.30. The maximum absolute atomic E-state index is 12.7. The normalized spacial score (nSPS) is 19.3. The molecule has 6 heteroatoms. The number of anilines is 1. The van der Waals surface area contributed by atoms with Crippen LogP contribution in [0.15, 0.2) is 48.5 Å². The molecule has 2 amide bonds. The lowest BCUT2D eigenvalue weighted by Crippen LogP contribution is -2.32. The molecule has 2 aliphatic rings. The predicted molar refractivity (Wildman–Crippen MR) is 116 cm³/mol. The summed E-state index contributed by atoms with van der Waals surface area (Å²) in [6.45, 7) is 4.21. The highest BCUT2D eigenvalue weighted by Crippen LogP contribution is 2.32. The molecule has 1 atom stereocenters. The number of benzene rings is 2. The van der Waals surface area contributed by atoms with Gasteiger partial charge >= 0.3 is 0 Å². The van der Waals surface area contributed by atoms with Crippen molar-refractivity contribution in [3.63, 3.8) is 0 Å². The van der Waals surface area contributed by atoms with Gasteiger partial charge in [0.2, 0.25) is 11.8 Å². The fraction of sp³-hybridized carbons (Fsp3) is 0.417. The minimum atomic E-state index is -0.350. The molecule has 0 spiro atoms. The number of carbonyl (C=O) groups excluding carboxylic acids is 2.